The maximum absolute atomic E-state index is 11.8. The summed E-state index contributed by atoms with van der Waals surface area (Å²) in [5.74, 6) is -0.581. The fourth-order valence-corrected chi connectivity index (χ4v) is 1.92. The Balaban J connectivity index is 3.45. The van der Waals surface area contributed by atoms with Gasteiger partial charge in [-0.15, -0.1) is 0 Å². The van der Waals surface area contributed by atoms with Gasteiger partial charge in [0.1, 0.15) is 0 Å². The summed E-state index contributed by atoms with van der Waals surface area (Å²) in [6.45, 7) is 3.17. The molecule has 0 bridgehead atoms. The smallest absolute Gasteiger partial charge is 0.313 e. The zero-order valence-corrected chi connectivity index (χ0v) is 11.9. The number of phenolic OH excluding ortho intramolecular Hbond substituents is 1. The van der Waals surface area contributed by atoms with E-state index in [0.717, 1.165) is 0 Å². The van der Waals surface area contributed by atoms with Crippen LogP contribution in [0.5, 0.6) is 11.5 Å². The highest BCUT2D eigenvalue weighted by Gasteiger charge is 2.39. The predicted octanol–water partition coefficient (Wildman–Crippen LogP) is 1.47. The first-order valence-corrected chi connectivity index (χ1v) is 5.95. The van der Waals surface area contributed by atoms with Crippen LogP contribution in [-0.2, 0) is 9.53 Å². The minimum absolute atomic E-state index is 0.169. The minimum Gasteiger partial charge on any atom is -0.504 e. The normalized spacial score (nSPS) is 12.4. The van der Waals surface area contributed by atoms with Gasteiger partial charge in [0.15, 0.2) is 11.5 Å². The second kappa shape index (κ2) is 5.80. The number of nitrogens with zero attached hydrogens (tertiary/aromatic N) is 1. The summed E-state index contributed by atoms with van der Waals surface area (Å²) in [7, 11) is 2.65. The van der Waals surface area contributed by atoms with Crippen molar-refractivity contribution in [3.63, 3.8) is 0 Å². The molecule has 0 radical (unpaired) electrons. The highest BCUT2D eigenvalue weighted by molar-refractivity contribution is 5.77. The van der Waals surface area contributed by atoms with Gasteiger partial charge in [-0.1, -0.05) is 0 Å². The molecule has 1 aromatic rings. The summed E-state index contributed by atoms with van der Waals surface area (Å²) < 4.78 is 9.72. The lowest BCUT2D eigenvalue weighted by Gasteiger charge is -2.30. The van der Waals surface area contributed by atoms with Crippen molar-refractivity contribution in [3.05, 3.63) is 23.3 Å². The lowest BCUT2D eigenvalue weighted by molar-refractivity contribution is -0.152. The van der Waals surface area contributed by atoms with Crippen LogP contribution >= 0.6 is 0 Å². The molecule has 0 heterocycles. The molecule has 0 aliphatic heterocycles. The second-order valence-electron chi connectivity index (χ2n) is 4.88. The van der Waals surface area contributed by atoms with Crippen LogP contribution in [0.2, 0.25) is 0 Å². The first-order chi connectivity index (χ1) is 9.31. The third-order valence-corrected chi connectivity index (χ3v) is 3.32. The Labute approximate surface area is 117 Å². The molecule has 20 heavy (non-hydrogen) atoms. The first kappa shape index (κ1) is 15.8. The van der Waals surface area contributed by atoms with E-state index in [1.807, 2.05) is 6.07 Å². The van der Waals surface area contributed by atoms with Gasteiger partial charge in [0.2, 0.25) is 0 Å². The Morgan fingerprint density at radius 3 is 2.50 bits per heavy atom. The van der Waals surface area contributed by atoms with E-state index >= 15 is 0 Å². The number of rotatable bonds is 4. The maximum atomic E-state index is 11.8. The molecule has 1 atom stereocenters. The molecule has 6 heteroatoms. The van der Waals surface area contributed by atoms with Gasteiger partial charge >= 0.3 is 5.97 Å². The number of carbonyl (C=O) groups is 1. The minimum atomic E-state index is -1.11. The summed E-state index contributed by atoms with van der Waals surface area (Å²) in [6, 6.07) is 3.99. The Hall–Kier alpha value is -2.26. The summed E-state index contributed by atoms with van der Waals surface area (Å²) in [5, 5.41) is 19.3. The Bertz CT molecular complexity index is 561. The van der Waals surface area contributed by atoms with Crippen LogP contribution in [0.25, 0.3) is 0 Å². The number of aromatic hydroxyl groups is 1. The summed E-state index contributed by atoms with van der Waals surface area (Å²) >= 11 is 0. The summed E-state index contributed by atoms with van der Waals surface area (Å²) in [6.07, 6.45) is 0. The van der Waals surface area contributed by atoms with Crippen molar-refractivity contribution in [1.82, 2.24) is 0 Å². The van der Waals surface area contributed by atoms with Crippen molar-refractivity contribution in [2.45, 2.75) is 19.9 Å². The Kier molecular flexibility index (Phi) is 4.58. The van der Waals surface area contributed by atoms with Crippen molar-refractivity contribution in [2.75, 3.05) is 14.2 Å². The molecule has 0 spiro atoms. The van der Waals surface area contributed by atoms with E-state index in [1.54, 1.807) is 13.8 Å². The molecule has 1 rings (SSSR count). The van der Waals surface area contributed by atoms with E-state index in [4.69, 9.17) is 20.5 Å². The predicted molar refractivity (Wildman–Crippen MR) is 72.1 cm³/mol. The molecule has 108 valence electrons. The number of esters is 1. The molecule has 0 fully saturated rings. The maximum Gasteiger partial charge on any atom is 0.313 e. The molecule has 0 aromatic heterocycles. The van der Waals surface area contributed by atoms with Crippen molar-refractivity contribution in [2.24, 2.45) is 11.1 Å². The van der Waals surface area contributed by atoms with Crippen LogP contribution in [0.1, 0.15) is 31.0 Å². The van der Waals surface area contributed by atoms with E-state index < -0.39 is 17.4 Å². The van der Waals surface area contributed by atoms with Crippen LogP contribution in [0.15, 0.2) is 12.1 Å². The first-order valence-electron chi connectivity index (χ1n) is 5.95. The van der Waals surface area contributed by atoms with Crippen LogP contribution in [0.3, 0.4) is 0 Å². The quantitative estimate of drug-likeness (QED) is 0.808. The average Bonchev–Trinajstić information content (AvgIpc) is 2.44. The zero-order valence-electron chi connectivity index (χ0n) is 11.9. The van der Waals surface area contributed by atoms with Gasteiger partial charge < -0.3 is 20.3 Å². The van der Waals surface area contributed by atoms with E-state index in [0.29, 0.717) is 0 Å². The van der Waals surface area contributed by atoms with E-state index in [2.05, 4.69) is 0 Å². The van der Waals surface area contributed by atoms with Crippen LogP contribution in [0.4, 0.5) is 0 Å². The molecule has 0 aliphatic rings. The van der Waals surface area contributed by atoms with Crippen molar-refractivity contribution in [1.29, 1.82) is 5.26 Å². The third kappa shape index (κ3) is 2.53. The summed E-state index contributed by atoms with van der Waals surface area (Å²) in [4.78, 5) is 11.8. The fourth-order valence-electron chi connectivity index (χ4n) is 1.92. The van der Waals surface area contributed by atoms with Gasteiger partial charge in [0.25, 0.3) is 0 Å². The molecule has 0 amide bonds. The number of phenols is 1. The molecule has 3 N–H and O–H groups in total. The van der Waals surface area contributed by atoms with Crippen molar-refractivity contribution >= 4 is 5.97 Å². The fraction of sp³-hybridized carbons (Fsp3) is 0.429. The van der Waals surface area contributed by atoms with Crippen molar-refractivity contribution in [3.8, 4) is 17.6 Å². The van der Waals surface area contributed by atoms with Crippen LogP contribution in [-0.4, -0.2) is 25.3 Å². The average molecular weight is 278 g/mol. The number of ether oxygens (including phenoxy) is 2. The SMILES string of the molecule is COC(=O)C(C)(C)[C@@H](N)c1c(C#N)ccc(OC)c1O. The second-order valence-corrected chi connectivity index (χ2v) is 4.88. The molecule has 6 nitrogen and oxygen atoms in total. The highest BCUT2D eigenvalue weighted by Crippen LogP contribution is 2.42. The van der Waals surface area contributed by atoms with Crippen LogP contribution < -0.4 is 10.5 Å². The number of nitrogens with two attached hydrogens (primary N) is 1. The largest absolute Gasteiger partial charge is 0.504 e. The monoisotopic (exact) mass is 278 g/mol. The molecule has 0 aliphatic carbocycles. The molecule has 0 unspecified atom stereocenters. The van der Waals surface area contributed by atoms with Crippen LogP contribution in [0, 0.1) is 16.7 Å². The number of nitriles is 1. The Morgan fingerprint density at radius 1 is 1.45 bits per heavy atom. The van der Waals surface area contributed by atoms with E-state index in [1.165, 1.54) is 26.4 Å². The number of hydrogen-bond acceptors (Lipinski definition) is 6. The summed E-state index contributed by atoms with van der Waals surface area (Å²) in [5.41, 5.74) is 5.33. The molecule has 0 saturated carbocycles. The standard InChI is InChI=1S/C14H18N2O4/c1-14(2,13(18)20-4)12(16)10-8(7-15)5-6-9(19-3)11(10)17/h5-6,12,17H,16H2,1-4H3/t12-/m0/s1. The zero-order chi connectivity index (χ0) is 15.5. The number of benzene rings is 1. The van der Waals surface area contributed by atoms with Gasteiger partial charge in [0.05, 0.1) is 37.3 Å². The molecular weight excluding hydrogens is 260 g/mol. The van der Waals surface area contributed by atoms with E-state index in [-0.39, 0.29) is 22.6 Å². The lowest BCUT2D eigenvalue weighted by atomic mass is 9.79. The van der Waals surface area contributed by atoms with Gasteiger partial charge in [-0.2, -0.15) is 5.26 Å². The van der Waals surface area contributed by atoms with Gasteiger partial charge in [-0.3, -0.25) is 4.79 Å². The van der Waals surface area contributed by atoms with Gasteiger partial charge in [-0.05, 0) is 26.0 Å². The topological polar surface area (TPSA) is 106 Å². The van der Waals surface area contributed by atoms with Crippen molar-refractivity contribution < 1.29 is 19.4 Å². The number of hydrogen-bond donors (Lipinski definition) is 2. The van der Waals surface area contributed by atoms with Gasteiger partial charge in [0, 0.05) is 5.56 Å². The molecule has 0 saturated heterocycles. The molecular formula is C14H18N2O4. The number of methoxy groups -OCH3 is 2. The molecule has 1 aromatic carbocycles. The van der Waals surface area contributed by atoms with Gasteiger partial charge in [-0.25, -0.2) is 0 Å². The third-order valence-electron chi connectivity index (χ3n) is 3.32. The highest BCUT2D eigenvalue weighted by atomic mass is 16.5. The Morgan fingerprint density at radius 2 is 2.05 bits per heavy atom. The number of carbonyl (C=O) groups excluding carboxylic acids is 1. The lowest BCUT2D eigenvalue weighted by Crippen LogP contribution is -2.37. The van der Waals surface area contributed by atoms with E-state index in [9.17, 15) is 9.90 Å².